The molecular weight excluding hydrogens is 198 g/mol. The first-order valence-electron chi connectivity index (χ1n) is 6.77. The van der Waals surface area contributed by atoms with E-state index in [2.05, 4.69) is 30.8 Å². The van der Waals surface area contributed by atoms with Crippen LogP contribution in [-0.4, -0.2) is 56.6 Å². The molecule has 0 aromatic heterocycles. The summed E-state index contributed by atoms with van der Waals surface area (Å²) in [6.45, 7) is 7.98. The van der Waals surface area contributed by atoms with E-state index in [1.165, 1.54) is 58.3 Å². The minimum atomic E-state index is 0.847. The molecule has 16 heavy (non-hydrogen) atoms. The lowest BCUT2D eigenvalue weighted by Gasteiger charge is -2.23. The normalized spacial score (nSPS) is 11.6. The first-order valence-corrected chi connectivity index (χ1v) is 6.77. The number of nitrogens with zero attached hydrogens (tertiary/aromatic N) is 2. The van der Waals surface area contributed by atoms with Gasteiger partial charge in [0.1, 0.15) is 0 Å². The van der Waals surface area contributed by atoms with Crippen LogP contribution in [-0.2, 0) is 0 Å². The predicted octanol–water partition coefficient (Wildman–Crippen LogP) is 1.78. The summed E-state index contributed by atoms with van der Waals surface area (Å²) < 4.78 is 0. The third-order valence-corrected chi connectivity index (χ3v) is 2.83. The predicted molar refractivity (Wildman–Crippen MR) is 72.8 cm³/mol. The summed E-state index contributed by atoms with van der Waals surface area (Å²) in [5.74, 6) is 0. The summed E-state index contributed by atoms with van der Waals surface area (Å²) in [6, 6.07) is 0. The van der Waals surface area contributed by atoms with Gasteiger partial charge in [-0.15, -0.1) is 0 Å². The van der Waals surface area contributed by atoms with E-state index >= 15 is 0 Å². The number of likely N-dealkylation sites (N-methyl/N-ethyl adjacent to an activating group) is 1. The Kier molecular flexibility index (Phi) is 11.3. The molecule has 0 radical (unpaired) electrons. The Balaban J connectivity index is 3.51. The molecule has 0 bridgehead atoms. The molecule has 2 N–H and O–H groups in total. The number of hydrogen-bond donors (Lipinski definition) is 1. The molecule has 0 atom stereocenters. The average molecular weight is 229 g/mol. The van der Waals surface area contributed by atoms with E-state index in [0.717, 1.165) is 6.54 Å². The fraction of sp³-hybridized carbons (Fsp3) is 1.00. The molecule has 0 aliphatic carbocycles. The summed E-state index contributed by atoms with van der Waals surface area (Å²) in [4.78, 5) is 4.85. The monoisotopic (exact) mass is 229 g/mol. The van der Waals surface area contributed by atoms with Crippen LogP contribution in [0, 0.1) is 0 Å². The Morgan fingerprint density at radius 1 is 0.812 bits per heavy atom. The van der Waals surface area contributed by atoms with Gasteiger partial charge in [-0.05, 0) is 53.0 Å². The second-order valence-electron chi connectivity index (χ2n) is 4.85. The minimum absolute atomic E-state index is 0.847. The first-order chi connectivity index (χ1) is 7.70. The molecule has 0 amide bonds. The summed E-state index contributed by atoms with van der Waals surface area (Å²) in [5.41, 5.74) is 5.48. The Labute approximate surface area is 102 Å². The van der Waals surface area contributed by atoms with Crippen LogP contribution in [0.25, 0.3) is 0 Å². The minimum Gasteiger partial charge on any atom is -0.330 e. The topological polar surface area (TPSA) is 32.5 Å². The maximum Gasteiger partial charge on any atom is 0.0109 e. The highest BCUT2D eigenvalue weighted by Crippen LogP contribution is 2.02. The highest BCUT2D eigenvalue weighted by molar-refractivity contribution is 4.59. The van der Waals surface area contributed by atoms with Crippen molar-refractivity contribution in [2.24, 2.45) is 5.73 Å². The van der Waals surface area contributed by atoms with Crippen molar-refractivity contribution in [1.82, 2.24) is 9.80 Å². The second kappa shape index (κ2) is 11.4. The van der Waals surface area contributed by atoms with Crippen molar-refractivity contribution in [2.75, 3.05) is 46.8 Å². The van der Waals surface area contributed by atoms with Crippen molar-refractivity contribution >= 4 is 0 Å². The average Bonchev–Trinajstić information content (AvgIpc) is 2.25. The lowest BCUT2D eigenvalue weighted by atomic mass is 10.2. The van der Waals surface area contributed by atoms with Gasteiger partial charge in [0.25, 0.3) is 0 Å². The van der Waals surface area contributed by atoms with E-state index in [-0.39, 0.29) is 0 Å². The Bertz CT molecular complexity index is 137. The standard InChI is InChI=1S/C13H31N3/c1-4-10-16(13-12-15(2)3)11-8-6-5-7-9-14/h4-14H2,1-3H3. The molecule has 0 saturated heterocycles. The molecule has 0 aliphatic rings. The Morgan fingerprint density at radius 2 is 1.50 bits per heavy atom. The van der Waals surface area contributed by atoms with Gasteiger partial charge in [-0.1, -0.05) is 19.8 Å². The molecule has 0 rings (SSSR count). The molecule has 0 unspecified atom stereocenters. The molecule has 0 aromatic carbocycles. The van der Waals surface area contributed by atoms with Gasteiger partial charge in [0, 0.05) is 13.1 Å². The zero-order chi connectivity index (χ0) is 12.2. The van der Waals surface area contributed by atoms with Gasteiger partial charge in [-0.25, -0.2) is 0 Å². The SMILES string of the molecule is CCCN(CCCCCCN)CCN(C)C. The lowest BCUT2D eigenvalue weighted by molar-refractivity contribution is 0.236. The van der Waals surface area contributed by atoms with Gasteiger partial charge in [0.2, 0.25) is 0 Å². The fourth-order valence-electron chi connectivity index (χ4n) is 1.83. The van der Waals surface area contributed by atoms with Gasteiger partial charge in [0.05, 0.1) is 0 Å². The van der Waals surface area contributed by atoms with Crippen LogP contribution in [0.3, 0.4) is 0 Å². The molecule has 0 aliphatic heterocycles. The van der Waals surface area contributed by atoms with E-state index in [0.29, 0.717) is 0 Å². The summed E-state index contributed by atoms with van der Waals surface area (Å²) in [7, 11) is 4.29. The highest BCUT2D eigenvalue weighted by atomic mass is 15.2. The van der Waals surface area contributed by atoms with Crippen LogP contribution in [0.1, 0.15) is 39.0 Å². The fourth-order valence-corrected chi connectivity index (χ4v) is 1.83. The third kappa shape index (κ3) is 10.4. The quantitative estimate of drug-likeness (QED) is 0.548. The van der Waals surface area contributed by atoms with Gasteiger partial charge < -0.3 is 15.5 Å². The molecule has 0 spiro atoms. The maximum atomic E-state index is 5.48. The molecule has 98 valence electrons. The van der Waals surface area contributed by atoms with E-state index in [9.17, 15) is 0 Å². The maximum absolute atomic E-state index is 5.48. The number of nitrogens with two attached hydrogens (primary N) is 1. The van der Waals surface area contributed by atoms with Gasteiger partial charge in [-0.3, -0.25) is 0 Å². The van der Waals surface area contributed by atoms with Crippen molar-refractivity contribution in [1.29, 1.82) is 0 Å². The largest absolute Gasteiger partial charge is 0.330 e. The molecule has 0 saturated carbocycles. The van der Waals surface area contributed by atoms with Gasteiger partial charge in [0.15, 0.2) is 0 Å². The van der Waals surface area contributed by atoms with E-state index in [4.69, 9.17) is 5.73 Å². The van der Waals surface area contributed by atoms with Crippen molar-refractivity contribution in [3.63, 3.8) is 0 Å². The zero-order valence-electron chi connectivity index (χ0n) is 11.5. The summed E-state index contributed by atoms with van der Waals surface area (Å²) in [5, 5.41) is 0. The van der Waals surface area contributed by atoms with Crippen molar-refractivity contribution in [3.8, 4) is 0 Å². The molecule has 0 aromatic rings. The van der Waals surface area contributed by atoms with Gasteiger partial charge in [-0.2, -0.15) is 0 Å². The van der Waals surface area contributed by atoms with E-state index in [1.54, 1.807) is 0 Å². The van der Waals surface area contributed by atoms with Gasteiger partial charge >= 0.3 is 0 Å². The highest BCUT2D eigenvalue weighted by Gasteiger charge is 2.03. The molecule has 3 heteroatoms. The number of rotatable bonds is 11. The molecule has 0 fully saturated rings. The molecule has 3 nitrogen and oxygen atoms in total. The van der Waals surface area contributed by atoms with Crippen LogP contribution in [0.5, 0.6) is 0 Å². The van der Waals surface area contributed by atoms with E-state index in [1.807, 2.05) is 0 Å². The summed E-state index contributed by atoms with van der Waals surface area (Å²) >= 11 is 0. The van der Waals surface area contributed by atoms with Crippen LogP contribution in [0.4, 0.5) is 0 Å². The smallest absolute Gasteiger partial charge is 0.0109 e. The number of unbranched alkanes of at least 4 members (excludes halogenated alkanes) is 3. The van der Waals surface area contributed by atoms with E-state index < -0.39 is 0 Å². The van der Waals surface area contributed by atoms with Crippen molar-refractivity contribution in [3.05, 3.63) is 0 Å². The third-order valence-electron chi connectivity index (χ3n) is 2.83. The van der Waals surface area contributed by atoms with Crippen LogP contribution >= 0.6 is 0 Å². The van der Waals surface area contributed by atoms with Crippen LogP contribution < -0.4 is 5.73 Å². The Morgan fingerprint density at radius 3 is 2.06 bits per heavy atom. The number of hydrogen-bond acceptors (Lipinski definition) is 3. The second-order valence-corrected chi connectivity index (χ2v) is 4.85. The zero-order valence-corrected chi connectivity index (χ0v) is 11.5. The van der Waals surface area contributed by atoms with Crippen molar-refractivity contribution in [2.45, 2.75) is 39.0 Å². The van der Waals surface area contributed by atoms with Crippen LogP contribution in [0.15, 0.2) is 0 Å². The molecule has 0 heterocycles. The van der Waals surface area contributed by atoms with Crippen molar-refractivity contribution < 1.29 is 0 Å². The lowest BCUT2D eigenvalue weighted by Crippen LogP contribution is -2.33. The first kappa shape index (κ1) is 15.9. The Hall–Kier alpha value is -0.120. The summed E-state index contributed by atoms with van der Waals surface area (Å²) in [6.07, 6.45) is 6.40. The molecular formula is C13H31N3. The van der Waals surface area contributed by atoms with Crippen LogP contribution in [0.2, 0.25) is 0 Å².